The quantitative estimate of drug-likeness (QED) is 0.791. The highest BCUT2D eigenvalue weighted by atomic mass is 15.3. The van der Waals surface area contributed by atoms with Crippen molar-refractivity contribution in [1.82, 2.24) is 14.7 Å². The lowest BCUT2D eigenvalue weighted by Gasteiger charge is -2.31. The summed E-state index contributed by atoms with van der Waals surface area (Å²) in [5, 5.41) is 4.18. The van der Waals surface area contributed by atoms with E-state index in [-0.39, 0.29) is 0 Å². The number of hydrogen-bond donors (Lipinski definition) is 1. The SMILES string of the molecule is Cn1nccc1CN1CCC(CN)CC1. The summed E-state index contributed by atoms with van der Waals surface area (Å²) in [7, 11) is 2.00. The van der Waals surface area contributed by atoms with Crippen molar-refractivity contribution < 1.29 is 0 Å². The molecule has 0 radical (unpaired) electrons. The third-order valence-electron chi connectivity index (χ3n) is 3.35. The van der Waals surface area contributed by atoms with Gasteiger partial charge in [-0.3, -0.25) is 9.58 Å². The van der Waals surface area contributed by atoms with Crippen LogP contribution in [0.15, 0.2) is 12.3 Å². The lowest BCUT2D eigenvalue weighted by Crippen LogP contribution is -2.36. The van der Waals surface area contributed by atoms with E-state index in [0.717, 1.165) is 19.0 Å². The van der Waals surface area contributed by atoms with Crippen LogP contribution in [0, 0.1) is 5.92 Å². The first-order valence-corrected chi connectivity index (χ1v) is 5.69. The van der Waals surface area contributed by atoms with Crippen LogP contribution in [0.1, 0.15) is 18.5 Å². The van der Waals surface area contributed by atoms with Crippen molar-refractivity contribution >= 4 is 0 Å². The second kappa shape index (κ2) is 4.77. The van der Waals surface area contributed by atoms with Crippen molar-refractivity contribution in [2.45, 2.75) is 19.4 Å². The van der Waals surface area contributed by atoms with Crippen LogP contribution in [0.2, 0.25) is 0 Å². The van der Waals surface area contributed by atoms with E-state index in [2.05, 4.69) is 16.1 Å². The van der Waals surface area contributed by atoms with Gasteiger partial charge in [0.05, 0.1) is 5.69 Å². The molecule has 0 bridgehead atoms. The highest BCUT2D eigenvalue weighted by molar-refractivity contribution is 4.99. The van der Waals surface area contributed by atoms with Gasteiger partial charge in [0.15, 0.2) is 0 Å². The fourth-order valence-corrected chi connectivity index (χ4v) is 2.17. The van der Waals surface area contributed by atoms with Crippen LogP contribution in [0.5, 0.6) is 0 Å². The van der Waals surface area contributed by atoms with Crippen LogP contribution in [0.3, 0.4) is 0 Å². The zero-order valence-corrected chi connectivity index (χ0v) is 9.39. The number of rotatable bonds is 3. The molecule has 2 N–H and O–H groups in total. The standard InChI is InChI=1S/C11H20N4/c1-14-11(2-5-13-14)9-15-6-3-10(8-12)4-7-15/h2,5,10H,3-4,6-9,12H2,1H3. The van der Waals surface area contributed by atoms with Gasteiger partial charge in [-0.05, 0) is 44.5 Å². The lowest BCUT2D eigenvalue weighted by molar-refractivity contribution is 0.177. The van der Waals surface area contributed by atoms with Gasteiger partial charge in [-0.1, -0.05) is 0 Å². The topological polar surface area (TPSA) is 47.1 Å². The summed E-state index contributed by atoms with van der Waals surface area (Å²) in [6, 6.07) is 2.09. The molecule has 4 nitrogen and oxygen atoms in total. The van der Waals surface area contributed by atoms with Gasteiger partial charge in [0.25, 0.3) is 0 Å². The van der Waals surface area contributed by atoms with Crippen LogP contribution in [0.25, 0.3) is 0 Å². The minimum Gasteiger partial charge on any atom is -0.330 e. The number of piperidine rings is 1. The molecule has 0 unspecified atom stereocenters. The Kier molecular flexibility index (Phi) is 3.38. The molecule has 1 fully saturated rings. The molecular formula is C11H20N4. The van der Waals surface area contributed by atoms with Gasteiger partial charge < -0.3 is 5.73 Å². The predicted molar refractivity (Wildman–Crippen MR) is 60.3 cm³/mol. The van der Waals surface area contributed by atoms with Crippen LogP contribution < -0.4 is 5.73 Å². The summed E-state index contributed by atoms with van der Waals surface area (Å²) in [5.41, 5.74) is 6.97. The fourth-order valence-electron chi connectivity index (χ4n) is 2.17. The number of nitrogens with two attached hydrogens (primary N) is 1. The fraction of sp³-hybridized carbons (Fsp3) is 0.727. The van der Waals surface area contributed by atoms with Gasteiger partial charge in [-0.25, -0.2) is 0 Å². The number of aromatic nitrogens is 2. The molecule has 4 heteroatoms. The molecule has 1 aromatic heterocycles. The first-order chi connectivity index (χ1) is 7.29. The normalized spacial score (nSPS) is 19.6. The highest BCUT2D eigenvalue weighted by Crippen LogP contribution is 2.17. The maximum absolute atomic E-state index is 5.68. The Balaban J connectivity index is 1.85. The van der Waals surface area contributed by atoms with Crippen LogP contribution in [-0.4, -0.2) is 34.3 Å². The molecule has 0 aromatic carbocycles. The Morgan fingerprint density at radius 1 is 1.47 bits per heavy atom. The van der Waals surface area contributed by atoms with E-state index >= 15 is 0 Å². The first-order valence-electron chi connectivity index (χ1n) is 5.69. The lowest BCUT2D eigenvalue weighted by atomic mass is 9.97. The van der Waals surface area contributed by atoms with Gasteiger partial charge in [0.2, 0.25) is 0 Å². The molecule has 0 amide bonds. The van der Waals surface area contributed by atoms with E-state index in [9.17, 15) is 0 Å². The number of aryl methyl sites for hydroxylation is 1. The van der Waals surface area contributed by atoms with E-state index in [4.69, 9.17) is 5.73 Å². The van der Waals surface area contributed by atoms with Crippen molar-refractivity contribution in [2.24, 2.45) is 18.7 Å². The molecule has 15 heavy (non-hydrogen) atoms. The molecule has 1 saturated heterocycles. The molecular weight excluding hydrogens is 188 g/mol. The predicted octanol–water partition coefficient (Wildman–Crippen LogP) is 0.591. The molecule has 1 aliphatic rings. The van der Waals surface area contributed by atoms with Crippen LogP contribution >= 0.6 is 0 Å². The second-order valence-corrected chi connectivity index (χ2v) is 4.40. The van der Waals surface area contributed by atoms with Crippen molar-refractivity contribution in [3.05, 3.63) is 18.0 Å². The van der Waals surface area contributed by atoms with Crippen LogP contribution in [0.4, 0.5) is 0 Å². The summed E-state index contributed by atoms with van der Waals surface area (Å²) in [6.07, 6.45) is 4.35. The van der Waals surface area contributed by atoms with E-state index < -0.39 is 0 Å². The molecule has 1 aliphatic heterocycles. The van der Waals surface area contributed by atoms with E-state index in [1.807, 2.05) is 17.9 Å². The molecule has 1 aromatic rings. The molecule has 2 rings (SSSR count). The van der Waals surface area contributed by atoms with E-state index in [0.29, 0.717) is 0 Å². The maximum Gasteiger partial charge on any atom is 0.0521 e. The Hall–Kier alpha value is -0.870. The van der Waals surface area contributed by atoms with Gasteiger partial charge in [0.1, 0.15) is 0 Å². The van der Waals surface area contributed by atoms with Gasteiger partial charge in [0, 0.05) is 19.8 Å². The average molecular weight is 208 g/mol. The zero-order chi connectivity index (χ0) is 10.7. The van der Waals surface area contributed by atoms with Crippen molar-refractivity contribution in [3.63, 3.8) is 0 Å². The van der Waals surface area contributed by atoms with Gasteiger partial charge >= 0.3 is 0 Å². The van der Waals surface area contributed by atoms with Crippen LogP contribution in [-0.2, 0) is 13.6 Å². The second-order valence-electron chi connectivity index (χ2n) is 4.40. The summed E-state index contributed by atoms with van der Waals surface area (Å²) in [4.78, 5) is 2.49. The summed E-state index contributed by atoms with van der Waals surface area (Å²) < 4.78 is 1.95. The smallest absolute Gasteiger partial charge is 0.0521 e. The summed E-state index contributed by atoms with van der Waals surface area (Å²) >= 11 is 0. The monoisotopic (exact) mass is 208 g/mol. The number of hydrogen-bond acceptors (Lipinski definition) is 3. The Morgan fingerprint density at radius 2 is 2.20 bits per heavy atom. The third kappa shape index (κ3) is 2.58. The van der Waals surface area contributed by atoms with Crippen molar-refractivity contribution in [3.8, 4) is 0 Å². The first kappa shape index (κ1) is 10.6. The number of likely N-dealkylation sites (tertiary alicyclic amines) is 1. The highest BCUT2D eigenvalue weighted by Gasteiger charge is 2.18. The number of nitrogens with zero attached hydrogens (tertiary/aromatic N) is 3. The zero-order valence-electron chi connectivity index (χ0n) is 9.39. The molecule has 0 atom stereocenters. The van der Waals surface area contributed by atoms with Crippen molar-refractivity contribution in [1.29, 1.82) is 0 Å². The Bertz CT molecular complexity index is 299. The molecule has 2 heterocycles. The Labute approximate surface area is 91.1 Å². The summed E-state index contributed by atoms with van der Waals surface area (Å²) in [5.74, 6) is 0.743. The van der Waals surface area contributed by atoms with Gasteiger partial charge in [-0.15, -0.1) is 0 Å². The minimum absolute atomic E-state index is 0.743. The third-order valence-corrected chi connectivity index (χ3v) is 3.35. The van der Waals surface area contributed by atoms with E-state index in [1.54, 1.807) is 0 Å². The average Bonchev–Trinajstić information content (AvgIpc) is 2.66. The maximum atomic E-state index is 5.68. The molecule has 0 aliphatic carbocycles. The van der Waals surface area contributed by atoms with Crippen molar-refractivity contribution in [2.75, 3.05) is 19.6 Å². The largest absolute Gasteiger partial charge is 0.330 e. The molecule has 0 spiro atoms. The minimum atomic E-state index is 0.743. The Morgan fingerprint density at radius 3 is 2.73 bits per heavy atom. The molecule has 0 saturated carbocycles. The summed E-state index contributed by atoms with van der Waals surface area (Å²) in [6.45, 7) is 4.22. The van der Waals surface area contributed by atoms with Gasteiger partial charge in [-0.2, -0.15) is 5.10 Å². The van der Waals surface area contributed by atoms with E-state index in [1.165, 1.54) is 31.6 Å². The molecule has 84 valence electrons.